The molecule has 1 rings (SSSR count). The summed E-state index contributed by atoms with van der Waals surface area (Å²) in [5.74, 6) is 0.127. The van der Waals surface area contributed by atoms with E-state index in [0.717, 1.165) is 24.8 Å². The summed E-state index contributed by atoms with van der Waals surface area (Å²) in [6.45, 7) is 5.53. The molecule has 1 aromatic rings. The van der Waals surface area contributed by atoms with Crippen molar-refractivity contribution in [3.8, 4) is 11.5 Å². The van der Waals surface area contributed by atoms with Gasteiger partial charge in [0, 0.05) is 13.8 Å². The number of carbonyl (C=O) groups excluding carboxylic acids is 2. The van der Waals surface area contributed by atoms with Crippen LogP contribution in [0.1, 0.15) is 45.6 Å². The third kappa shape index (κ3) is 6.79. The van der Waals surface area contributed by atoms with E-state index in [1.165, 1.54) is 13.8 Å². The second-order valence-corrected chi connectivity index (χ2v) is 4.71. The first-order chi connectivity index (χ1) is 10.0. The lowest BCUT2D eigenvalue weighted by Gasteiger charge is -2.12. The van der Waals surface area contributed by atoms with Crippen molar-refractivity contribution < 1.29 is 23.8 Å². The smallest absolute Gasteiger partial charge is 0.308 e. The molecule has 5 nitrogen and oxygen atoms in total. The normalized spacial score (nSPS) is 10.0. The molecule has 0 bridgehead atoms. The number of carbonyl (C=O) groups is 2. The highest BCUT2D eigenvalue weighted by atomic mass is 16.6. The highest BCUT2D eigenvalue weighted by Gasteiger charge is 2.10. The van der Waals surface area contributed by atoms with E-state index in [9.17, 15) is 9.59 Å². The minimum Gasteiger partial charge on any atom is -0.490 e. The molecule has 0 atom stereocenters. The zero-order valence-corrected chi connectivity index (χ0v) is 12.8. The molecule has 0 saturated carbocycles. The van der Waals surface area contributed by atoms with Crippen LogP contribution in [0.2, 0.25) is 0 Å². The predicted molar refractivity (Wildman–Crippen MR) is 78.2 cm³/mol. The summed E-state index contributed by atoms with van der Waals surface area (Å²) >= 11 is 0. The molecule has 0 amide bonds. The Morgan fingerprint density at radius 1 is 1.05 bits per heavy atom. The Morgan fingerprint density at radius 3 is 2.43 bits per heavy atom. The highest BCUT2D eigenvalue weighted by Crippen LogP contribution is 2.29. The van der Waals surface area contributed by atoms with E-state index < -0.39 is 5.97 Å². The van der Waals surface area contributed by atoms with Gasteiger partial charge in [-0.2, -0.15) is 0 Å². The van der Waals surface area contributed by atoms with Gasteiger partial charge in [-0.05, 0) is 24.1 Å². The number of esters is 2. The molecule has 0 N–H and O–H groups in total. The predicted octanol–water partition coefficient (Wildman–Crippen LogP) is 3.24. The van der Waals surface area contributed by atoms with Crippen molar-refractivity contribution in [3.63, 3.8) is 0 Å². The van der Waals surface area contributed by atoms with Crippen LogP contribution in [0.3, 0.4) is 0 Å². The van der Waals surface area contributed by atoms with Gasteiger partial charge in [0.2, 0.25) is 0 Å². The average Bonchev–Trinajstić information content (AvgIpc) is 2.42. The van der Waals surface area contributed by atoms with Gasteiger partial charge in [-0.25, -0.2) is 0 Å². The second-order valence-electron chi connectivity index (χ2n) is 4.71. The van der Waals surface area contributed by atoms with Crippen LogP contribution in [-0.2, 0) is 20.9 Å². The van der Waals surface area contributed by atoms with E-state index in [0.29, 0.717) is 18.1 Å². The van der Waals surface area contributed by atoms with Crippen LogP contribution in [0.25, 0.3) is 0 Å². The number of hydrogen-bond acceptors (Lipinski definition) is 5. The SMILES string of the molecule is CCCCCOc1cc(COC(C)=O)ccc1OC(C)=O. The zero-order chi connectivity index (χ0) is 15.7. The van der Waals surface area contributed by atoms with E-state index in [1.54, 1.807) is 18.2 Å². The summed E-state index contributed by atoms with van der Waals surface area (Å²) in [7, 11) is 0. The summed E-state index contributed by atoms with van der Waals surface area (Å²) in [5, 5.41) is 0. The van der Waals surface area contributed by atoms with Gasteiger partial charge in [-0.3, -0.25) is 9.59 Å². The van der Waals surface area contributed by atoms with Crippen LogP contribution < -0.4 is 9.47 Å². The Morgan fingerprint density at radius 2 is 1.81 bits per heavy atom. The van der Waals surface area contributed by atoms with Crippen LogP contribution in [0.5, 0.6) is 11.5 Å². The van der Waals surface area contributed by atoms with Gasteiger partial charge in [-0.1, -0.05) is 25.8 Å². The summed E-state index contributed by atoms with van der Waals surface area (Å²) in [6.07, 6.45) is 3.12. The maximum absolute atomic E-state index is 11.1. The Balaban J connectivity index is 2.77. The van der Waals surface area contributed by atoms with Crippen molar-refractivity contribution in [2.24, 2.45) is 0 Å². The van der Waals surface area contributed by atoms with Gasteiger partial charge in [-0.15, -0.1) is 0 Å². The molecular weight excluding hydrogens is 272 g/mol. The summed E-state index contributed by atoms with van der Waals surface area (Å²) in [6, 6.07) is 5.11. The number of benzene rings is 1. The molecule has 5 heteroatoms. The van der Waals surface area contributed by atoms with Crippen molar-refractivity contribution >= 4 is 11.9 Å². The maximum Gasteiger partial charge on any atom is 0.308 e. The molecule has 0 spiro atoms. The van der Waals surface area contributed by atoms with Crippen LogP contribution in [0.15, 0.2) is 18.2 Å². The quantitative estimate of drug-likeness (QED) is 0.418. The molecule has 0 aliphatic carbocycles. The molecule has 0 aromatic heterocycles. The zero-order valence-electron chi connectivity index (χ0n) is 12.8. The van der Waals surface area contributed by atoms with Gasteiger partial charge >= 0.3 is 11.9 Å². The first-order valence-electron chi connectivity index (χ1n) is 7.10. The van der Waals surface area contributed by atoms with E-state index in [1.807, 2.05) is 0 Å². The van der Waals surface area contributed by atoms with E-state index in [-0.39, 0.29) is 12.6 Å². The summed E-state index contributed by atoms with van der Waals surface area (Å²) < 4.78 is 15.7. The molecular formula is C16H22O5. The van der Waals surface area contributed by atoms with Gasteiger partial charge in [0.1, 0.15) is 6.61 Å². The minimum atomic E-state index is -0.402. The fraction of sp³-hybridized carbons (Fsp3) is 0.500. The topological polar surface area (TPSA) is 61.8 Å². The lowest BCUT2D eigenvalue weighted by atomic mass is 10.2. The Labute approximate surface area is 125 Å². The van der Waals surface area contributed by atoms with E-state index >= 15 is 0 Å². The molecule has 0 aliphatic heterocycles. The van der Waals surface area contributed by atoms with Crippen LogP contribution in [0.4, 0.5) is 0 Å². The van der Waals surface area contributed by atoms with Crippen LogP contribution in [0, 0.1) is 0 Å². The summed E-state index contributed by atoms with van der Waals surface area (Å²) in [5.41, 5.74) is 0.784. The third-order valence-electron chi connectivity index (χ3n) is 2.71. The number of unbranched alkanes of at least 4 members (excludes halogenated alkanes) is 2. The van der Waals surface area contributed by atoms with E-state index in [4.69, 9.17) is 14.2 Å². The van der Waals surface area contributed by atoms with Crippen molar-refractivity contribution in [2.45, 2.75) is 46.6 Å². The summed E-state index contributed by atoms with van der Waals surface area (Å²) in [4.78, 5) is 21.9. The molecule has 0 aliphatic rings. The molecule has 0 saturated heterocycles. The molecule has 0 unspecified atom stereocenters. The number of ether oxygens (including phenoxy) is 3. The van der Waals surface area contributed by atoms with Gasteiger partial charge in [0.05, 0.1) is 6.61 Å². The van der Waals surface area contributed by atoms with Crippen LogP contribution >= 0.6 is 0 Å². The van der Waals surface area contributed by atoms with Crippen molar-refractivity contribution in [3.05, 3.63) is 23.8 Å². The molecule has 0 fully saturated rings. The molecule has 1 aromatic carbocycles. The fourth-order valence-corrected chi connectivity index (χ4v) is 1.71. The Kier molecular flexibility index (Phi) is 7.29. The van der Waals surface area contributed by atoms with Crippen LogP contribution in [-0.4, -0.2) is 18.5 Å². The largest absolute Gasteiger partial charge is 0.490 e. The minimum absolute atomic E-state index is 0.168. The standard InChI is InChI=1S/C16H22O5/c1-4-5-6-9-19-16-10-14(11-20-12(2)17)7-8-15(16)21-13(3)18/h7-8,10H,4-6,9,11H2,1-3H3. The van der Waals surface area contributed by atoms with Crippen molar-refractivity contribution in [1.82, 2.24) is 0 Å². The second kappa shape index (κ2) is 9.00. The lowest BCUT2D eigenvalue weighted by Crippen LogP contribution is -2.06. The molecule has 0 radical (unpaired) electrons. The Bertz CT molecular complexity index is 482. The monoisotopic (exact) mass is 294 g/mol. The van der Waals surface area contributed by atoms with Gasteiger partial charge in [0.15, 0.2) is 11.5 Å². The van der Waals surface area contributed by atoms with E-state index in [2.05, 4.69) is 6.92 Å². The van der Waals surface area contributed by atoms with Crippen molar-refractivity contribution in [1.29, 1.82) is 0 Å². The number of hydrogen-bond donors (Lipinski definition) is 0. The van der Waals surface area contributed by atoms with Gasteiger partial charge in [0.25, 0.3) is 0 Å². The molecule has 116 valence electrons. The first kappa shape index (κ1) is 17.0. The number of rotatable bonds is 8. The van der Waals surface area contributed by atoms with Crippen molar-refractivity contribution in [2.75, 3.05) is 6.61 Å². The van der Waals surface area contributed by atoms with Gasteiger partial charge < -0.3 is 14.2 Å². The molecule has 21 heavy (non-hydrogen) atoms. The fourth-order valence-electron chi connectivity index (χ4n) is 1.71. The third-order valence-corrected chi connectivity index (χ3v) is 2.71. The maximum atomic E-state index is 11.1. The molecule has 0 heterocycles. The first-order valence-corrected chi connectivity index (χ1v) is 7.10. The highest BCUT2D eigenvalue weighted by molar-refractivity contribution is 5.70. The average molecular weight is 294 g/mol. The Hall–Kier alpha value is -2.04. The lowest BCUT2D eigenvalue weighted by molar-refractivity contribution is -0.142.